The minimum Gasteiger partial charge on any atom is -0.399 e. The summed E-state index contributed by atoms with van der Waals surface area (Å²) in [4.78, 5) is 8.71. The Kier molecular flexibility index (Phi) is 4.87. The van der Waals surface area contributed by atoms with Crippen LogP contribution >= 0.6 is 0 Å². The van der Waals surface area contributed by atoms with Crippen molar-refractivity contribution in [3.05, 3.63) is 54.1 Å². The highest BCUT2D eigenvalue weighted by Gasteiger charge is 2.47. The van der Waals surface area contributed by atoms with Gasteiger partial charge in [-0.15, -0.1) is 0 Å². The van der Waals surface area contributed by atoms with Gasteiger partial charge in [0.15, 0.2) is 11.5 Å². The summed E-state index contributed by atoms with van der Waals surface area (Å²) in [5.74, 6) is 1.23. The fourth-order valence-corrected chi connectivity index (χ4v) is 3.74. The average molecular weight is 417 g/mol. The monoisotopic (exact) mass is 417 g/mol. The number of ether oxygens (including phenoxy) is 1. The van der Waals surface area contributed by atoms with E-state index in [-0.39, 0.29) is 0 Å². The molecule has 0 spiro atoms. The number of benzene rings is 2. The molecular formula is C22H23N7O2. The number of aliphatic imine (C=N–C) groups is 1. The van der Waals surface area contributed by atoms with Crippen LogP contribution in [0.15, 0.2) is 58.2 Å². The Bertz CT molecular complexity index is 1210. The maximum atomic E-state index is 5.96. The van der Waals surface area contributed by atoms with Gasteiger partial charge in [-0.05, 0) is 53.3 Å². The highest BCUT2D eigenvalue weighted by Crippen LogP contribution is 2.42. The number of hydrogen-bond donors (Lipinski definition) is 2. The predicted molar refractivity (Wildman–Crippen MR) is 119 cm³/mol. The first-order valence-corrected chi connectivity index (χ1v) is 10.1. The third-order valence-electron chi connectivity index (χ3n) is 5.48. The molecule has 0 aliphatic carbocycles. The van der Waals surface area contributed by atoms with Crippen molar-refractivity contribution in [2.45, 2.75) is 18.6 Å². The van der Waals surface area contributed by atoms with Crippen molar-refractivity contribution in [1.82, 2.24) is 19.9 Å². The minimum atomic E-state index is -0.424. The summed E-state index contributed by atoms with van der Waals surface area (Å²) in [6.07, 6.45) is 0.834. The minimum absolute atomic E-state index is 0.424. The van der Waals surface area contributed by atoms with Crippen LogP contribution in [0.2, 0.25) is 0 Å². The summed E-state index contributed by atoms with van der Waals surface area (Å²) in [6.45, 7) is 6.07. The van der Waals surface area contributed by atoms with Gasteiger partial charge in [0.2, 0.25) is 5.82 Å². The molecule has 3 heterocycles. The molecule has 1 unspecified atom stereocenters. The van der Waals surface area contributed by atoms with Crippen molar-refractivity contribution < 1.29 is 9.37 Å². The van der Waals surface area contributed by atoms with Crippen molar-refractivity contribution in [3.8, 4) is 11.5 Å². The number of nitrogens with two attached hydrogens (primary N) is 1. The summed E-state index contributed by atoms with van der Waals surface area (Å²) in [5.41, 5.74) is 9.68. The standard InChI is InChI=1S/C22H23N7O2/c1-24-11-4-12-25-20-19(27-31-28-20)21-26-17-5-2-3-6-18(17)29(21)13-22(14-30-22)15-7-9-16(23)10-8-15/h2-3,5-10H,1,4,11-14,23H2,(H,25,28). The molecule has 1 atom stereocenters. The molecular weight excluding hydrogens is 394 g/mol. The van der Waals surface area contributed by atoms with E-state index in [2.05, 4.69) is 31.9 Å². The molecule has 0 radical (unpaired) electrons. The summed E-state index contributed by atoms with van der Waals surface area (Å²) in [5, 5.41) is 11.5. The van der Waals surface area contributed by atoms with Gasteiger partial charge in [0.05, 0.1) is 24.2 Å². The molecule has 0 amide bonds. The van der Waals surface area contributed by atoms with Crippen LogP contribution in [0, 0.1) is 0 Å². The summed E-state index contributed by atoms with van der Waals surface area (Å²) in [6, 6.07) is 15.8. The number of para-hydroxylation sites is 2. The average Bonchev–Trinajstić information content (AvgIpc) is 3.27. The number of epoxide rings is 1. The Labute approximate surface area is 178 Å². The fourth-order valence-electron chi connectivity index (χ4n) is 3.74. The second-order valence-corrected chi connectivity index (χ2v) is 7.60. The first kappa shape index (κ1) is 19.3. The number of imidazole rings is 1. The van der Waals surface area contributed by atoms with E-state index in [1.807, 2.05) is 48.5 Å². The smallest absolute Gasteiger partial charge is 0.202 e. The van der Waals surface area contributed by atoms with E-state index in [4.69, 9.17) is 20.1 Å². The van der Waals surface area contributed by atoms with Gasteiger partial charge in [0, 0.05) is 18.8 Å². The van der Waals surface area contributed by atoms with Crippen molar-refractivity contribution >= 4 is 29.3 Å². The Morgan fingerprint density at radius 2 is 1.97 bits per heavy atom. The number of hydrogen-bond acceptors (Lipinski definition) is 8. The van der Waals surface area contributed by atoms with E-state index in [1.54, 1.807) is 0 Å². The number of rotatable bonds is 9. The molecule has 158 valence electrons. The van der Waals surface area contributed by atoms with Crippen LogP contribution in [-0.4, -0.2) is 46.3 Å². The maximum Gasteiger partial charge on any atom is 0.202 e. The van der Waals surface area contributed by atoms with Gasteiger partial charge in [-0.3, -0.25) is 0 Å². The molecule has 1 aliphatic heterocycles. The van der Waals surface area contributed by atoms with Crippen LogP contribution in [0.5, 0.6) is 0 Å². The molecule has 2 aromatic heterocycles. The Morgan fingerprint density at radius 1 is 1.16 bits per heavy atom. The van der Waals surface area contributed by atoms with Crippen LogP contribution in [0.3, 0.4) is 0 Å². The molecule has 1 aliphatic rings. The van der Waals surface area contributed by atoms with E-state index >= 15 is 0 Å². The van der Waals surface area contributed by atoms with Gasteiger partial charge < -0.3 is 25.3 Å². The lowest BCUT2D eigenvalue weighted by Gasteiger charge is -2.16. The van der Waals surface area contributed by atoms with Crippen LogP contribution in [0.4, 0.5) is 11.5 Å². The predicted octanol–water partition coefficient (Wildman–Crippen LogP) is 3.10. The molecule has 1 saturated heterocycles. The van der Waals surface area contributed by atoms with Crippen LogP contribution in [-0.2, 0) is 16.9 Å². The van der Waals surface area contributed by atoms with Gasteiger partial charge in [0.25, 0.3) is 0 Å². The normalized spacial score (nSPS) is 17.7. The first-order valence-electron chi connectivity index (χ1n) is 10.1. The zero-order valence-corrected chi connectivity index (χ0v) is 17.0. The molecule has 5 rings (SSSR count). The fraction of sp³-hybridized carbons (Fsp3) is 0.273. The van der Waals surface area contributed by atoms with Crippen LogP contribution < -0.4 is 11.1 Å². The molecule has 31 heavy (non-hydrogen) atoms. The van der Waals surface area contributed by atoms with E-state index in [0.717, 1.165) is 28.7 Å². The molecule has 0 saturated carbocycles. The largest absolute Gasteiger partial charge is 0.399 e. The summed E-state index contributed by atoms with van der Waals surface area (Å²) in [7, 11) is 0. The SMILES string of the molecule is C=NCCCNc1nonc1-c1nc2ccccc2n1CC1(c2ccc(N)cc2)CO1. The molecule has 3 N–H and O–H groups in total. The van der Waals surface area contributed by atoms with Crippen molar-refractivity contribution in [2.75, 3.05) is 30.7 Å². The number of fused-ring (bicyclic) bond motifs is 1. The Hall–Kier alpha value is -3.72. The van der Waals surface area contributed by atoms with Crippen molar-refractivity contribution in [3.63, 3.8) is 0 Å². The number of nitrogen functional groups attached to an aromatic ring is 1. The quantitative estimate of drug-likeness (QED) is 0.186. The van der Waals surface area contributed by atoms with E-state index in [1.165, 1.54) is 0 Å². The first-order chi connectivity index (χ1) is 15.2. The molecule has 0 bridgehead atoms. The molecule has 2 aromatic carbocycles. The summed E-state index contributed by atoms with van der Waals surface area (Å²) < 4.78 is 13.1. The molecule has 9 heteroatoms. The van der Waals surface area contributed by atoms with Gasteiger partial charge in [-0.2, -0.15) is 0 Å². The number of aromatic nitrogens is 4. The molecule has 1 fully saturated rings. The molecule has 4 aromatic rings. The lowest BCUT2D eigenvalue weighted by molar-refractivity contribution is 0.280. The Balaban J connectivity index is 1.52. The number of anilines is 2. The van der Waals surface area contributed by atoms with Gasteiger partial charge in [0.1, 0.15) is 5.60 Å². The second-order valence-electron chi connectivity index (χ2n) is 7.60. The van der Waals surface area contributed by atoms with E-state index < -0.39 is 5.60 Å². The van der Waals surface area contributed by atoms with Crippen LogP contribution in [0.25, 0.3) is 22.6 Å². The van der Waals surface area contributed by atoms with E-state index in [0.29, 0.717) is 43.6 Å². The third kappa shape index (κ3) is 3.64. The Morgan fingerprint density at radius 3 is 2.74 bits per heavy atom. The number of nitrogens with one attached hydrogen (secondary N) is 1. The highest BCUT2D eigenvalue weighted by molar-refractivity contribution is 5.82. The number of nitrogens with zero attached hydrogens (tertiary/aromatic N) is 5. The highest BCUT2D eigenvalue weighted by atomic mass is 16.6. The second kappa shape index (κ2) is 7.84. The third-order valence-corrected chi connectivity index (χ3v) is 5.48. The summed E-state index contributed by atoms with van der Waals surface area (Å²) >= 11 is 0. The zero-order valence-electron chi connectivity index (χ0n) is 17.0. The van der Waals surface area contributed by atoms with Crippen molar-refractivity contribution in [2.24, 2.45) is 4.99 Å². The van der Waals surface area contributed by atoms with Crippen molar-refractivity contribution in [1.29, 1.82) is 0 Å². The van der Waals surface area contributed by atoms with Gasteiger partial charge >= 0.3 is 0 Å². The maximum absolute atomic E-state index is 5.96. The lowest BCUT2D eigenvalue weighted by atomic mass is 9.99. The van der Waals surface area contributed by atoms with E-state index in [9.17, 15) is 0 Å². The topological polar surface area (TPSA) is 120 Å². The van der Waals surface area contributed by atoms with Gasteiger partial charge in [-0.25, -0.2) is 9.61 Å². The lowest BCUT2D eigenvalue weighted by Crippen LogP contribution is -2.19. The van der Waals surface area contributed by atoms with Crippen LogP contribution in [0.1, 0.15) is 12.0 Å². The van der Waals surface area contributed by atoms with Gasteiger partial charge in [-0.1, -0.05) is 24.3 Å². The zero-order chi connectivity index (χ0) is 21.3. The molecule has 9 nitrogen and oxygen atoms in total.